The van der Waals surface area contributed by atoms with Crippen LogP contribution >= 0.6 is 0 Å². The maximum Gasteiger partial charge on any atom is 0.169 e. The third kappa shape index (κ3) is 4.62. The third-order valence-electron chi connectivity index (χ3n) is 4.81. The lowest BCUT2D eigenvalue weighted by molar-refractivity contribution is -1.01. The number of carbonyl (C=O) groups is 2. The van der Waals surface area contributed by atoms with Gasteiger partial charge in [0.25, 0.3) is 0 Å². The van der Waals surface area contributed by atoms with E-state index in [4.69, 9.17) is 0 Å². The van der Waals surface area contributed by atoms with Crippen LogP contribution in [0, 0.1) is 0 Å². The summed E-state index contributed by atoms with van der Waals surface area (Å²) >= 11 is 0. The van der Waals surface area contributed by atoms with E-state index in [1.165, 1.54) is 10.5 Å². The van der Waals surface area contributed by atoms with Crippen molar-refractivity contribution in [3.05, 3.63) is 35.4 Å². The molecule has 1 aromatic rings. The predicted octanol–water partition coefficient (Wildman–Crippen LogP) is -2.09. The van der Waals surface area contributed by atoms with Gasteiger partial charge in [0.2, 0.25) is 0 Å². The lowest BCUT2D eigenvalue weighted by Gasteiger charge is -2.33. The second-order valence-electron chi connectivity index (χ2n) is 6.89. The molecule has 0 radical (unpaired) electrons. The van der Waals surface area contributed by atoms with Crippen LogP contribution in [-0.2, 0) is 4.79 Å². The molecule has 2 rings (SSSR count). The minimum absolute atomic E-state index is 0.0116. The van der Waals surface area contributed by atoms with Gasteiger partial charge < -0.3 is 19.7 Å². The van der Waals surface area contributed by atoms with Gasteiger partial charge in [0.15, 0.2) is 5.78 Å². The molecule has 0 amide bonds. The van der Waals surface area contributed by atoms with E-state index in [2.05, 4.69) is 20.9 Å². The zero-order valence-corrected chi connectivity index (χ0v) is 14.2. The Bertz CT molecular complexity index is 546. The monoisotopic (exact) mass is 319 g/mol. The van der Waals surface area contributed by atoms with Gasteiger partial charge in [-0.15, -0.1) is 0 Å². The van der Waals surface area contributed by atoms with Crippen molar-refractivity contribution >= 4 is 11.8 Å². The van der Waals surface area contributed by atoms with Gasteiger partial charge >= 0.3 is 0 Å². The van der Waals surface area contributed by atoms with Crippen LogP contribution in [-0.4, -0.2) is 51.0 Å². The number of nitrogens with one attached hydrogen (secondary N) is 2. The molecule has 1 heterocycles. The molecule has 2 N–H and O–H groups in total. The summed E-state index contributed by atoms with van der Waals surface area (Å²) < 4.78 is 0. The van der Waals surface area contributed by atoms with Crippen LogP contribution in [0.3, 0.4) is 0 Å². The molecule has 1 aliphatic heterocycles. The van der Waals surface area contributed by atoms with E-state index < -0.39 is 12.0 Å². The first-order valence-corrected chi connectivity index (χ1v) is 8.38. The fourth-order valence-corrected chi connectivity index (χ4v) is 3.10. The highest BCUT2D eigenvalue weighted by molar-refractivity contribution is 5.98. The minimum Gasteiger partial charge on any atom is -0.544 e. The van der Waals surface area contributed by atoms with Crippen LogP contribution in [0.25, 0.3) is 0 Å². The summed E-state index contributed by atoms with van der Waals surface area (Å²) in [6.45, 7) is 7.59. The van der Waals surface area contributed by atoms with Crippen molar-refractivity contribution in [2.24, 2.45) is 0 Å². The second-order valence-corrected chi connectivity index (χ2v) is 6.89. The van der Waals surface area contributed by atoms with Crippen LogP contribution in [0.1, 0.15) is 42.1 Å². The summed E-state index contributed by atoms with van der Waals surface area (Å²) in [5.41, 5.74) is 1.76. The average Bonchev–Trinajstić information content (AvgIpc) is 2.53. The number of piperazine rings is 1. The van der Waals surface area contributed by atoms with Crippen molar-refractivity contribution in [2.45, 2.75) is 32.2 Å². The molecular formula is C18H27N2O3+. The van der Waals surface area contributed by atoms with Crippen molar-refractivity contribution in [3.8, 4) is 0 Å². The van der Waals surface area contributed by atoms with Crippen molar-refractivity contribution in [1.29, 1.82) is 0 Å². The van der Waals surface area contributed by atoms with E-state index in [1.807, 2.05) is 12.1 Å². The number of benzene rings is 1. The Labute approximate surface area is 137 Å². The van der Waals surface area contributed by atoms with Gasteiger partial charge in [-0.1, -0.05) is 38.1 Å². The molecule has 5 nitrogen and oxygen atoms in total. The number of hydrogen-bond donors (Lipinski definition) is 2. The number of hydrogen-bond acceptors (Lipinski definition) is 3. The smallest absolute Gasteiger partial charge is 0.169 e. The van der Waals surface area contributed by atoms with E-state index in [0.29, 0.717) is 11.5 Å². The Morgan fingerprint density at radius 3 is 2.13 bits per heavy atom. The van der Waals surface area contributed by atoms with Gasteiger partial charge in [0.1, 0.15) is 32.2 Å². The Balaban J connectivity index is 2.04. The quantitative estimate of drug-likeness (QED) is 0.591. The molecule has 23 heavy (non-hydrogen) atoms. The summed E-state index contributed by atoms with van der Waals surface area (Å²) in [5, 5.41) is 11.5. The van der Waals surface area contributed by atoms with Crippen LogP contribution in [0.2, 0.25) is 0 Å². The Morgan fingerprint density at radius 2 is 1.65 bits per heavy atom. The molecule has 1 saturated heterocycles. The summed E-state index contributed by atoms with van der Waals surface area (Å²) in [6, 6.07) is 6.73. The average molecular weight is 319 g/mol. The Morgan fingerprint density at radius 1 is 1.09 bits per heavy atom. The van der Waals surface area contributed by atoms with Gasteiger partial charge in [0, 0.05) is 5.56 Å². The Hall–Kier alpha value is -1.72. The molecular weight excluding hydrogens is 292 g/mol. The van der Waals surface area contributed by atoms with Crippen molar-refractivity contribution in [1.82, 2.24) is 0 Å². The number of carbonyl (C=O) groups excluding carboxylic acids is 2. The predicted molar refractivity (Wildman–Crippen MR) is 85.6 cm³/mol. The van der Waals surface area contributed by atoms with Gasteiger partial charge in [-0.2, -0.15) is 0 Å². The third-order valence-corrected chi connectivity index (χ3v) is 4.81. The lowest BCUT2D eigenvalue weighted by atomic mass is 9.97. The number of ketones is 1. The van der Waals surface area contributed by atoms with Gasteiger partial charge in [-0.05, 0) is 11.5 Å². The zero-order chi connectivity index (χ0) is 17.0. The molecule has 1 aromatic carbocycles. The number of carboxylic acids is 1. The Kier molecular flexibility index (Phi) is 5.91. The molecule has 0 bridgehead atoms. The number of rotatable bonds is 6. The molecule has 0 aromatic heterocycles. The zero-order valence-electron chi connectivity index (χ0n) is 14.2. The molecule has 0 saturated carbocycles. The molecule has 1 aliphatic rings. The summed E-state index contributed by atoms with van der Waals surface area (Å²) in [5.74, 6) is -0.826. The van der Waals surface area contributed by atoms with Gasteiger partial charge in [-0.25, -0.2) is 0 Å². The molecule has 126 valence electrons. The maximum absolute atomic E-state index is 12.4. The number of quaternary nitrogens is 2. The summed E-state index contributed by atoms with van der Waals surface area (Å²) in [7, 11) is 2.10. The fourth-order valence-electron chi connectivity index (χ4n) is 3.10. The fraction of sp³-hybridized carbons (Fsp3) is 0.556. The first-order chi connectivity index (χ1) is 10.9. The van der Waals surface area contributed by atoms with E-state index in [0.717, 1.165) is 31.1 Å². The summed E-state index contributed by atoms with van der Waals surface area (Å²) in [4.78, 5) is 26.3. The van der Waals surface area contributed by atoms with Gasteiger partial charge in [0.05, 0.1) is 19.4 Å². The highest BCUT2D eigenvalue weighted by atomic mass is 16.4. The van der Waals surface area contributed by atoms with Crippen molar-refractivity contribution in [3.63, 3.8) is 0 Å². The standard InChI is InChI=1S/C18H26N2O3/c1-13(2)14-4-6-15(7-5-14)17(21)12-16(18(22)23)20-10-8-19(3)9-11-20/h4-7,13,16H,8-12H2,1-3H3,(H,22,23)/p+1/t16-/m1/s1. The topological polar surface area (TPSA) is 66.1 Å². The number of likely N-dealkylation sites (N-methyl/N-ethyl adjacent to an activating group) is 1. The van der Waals surface area contributed by atoms with Crippen LogP contribution in [0.5, 0.6) is 0 Å². The first-order valence-electron chi connectivity index (χ1n) is 8.38. The normalized spacial score (nSPS) is 22.8. The van der Waals surface area contributed by atoms with Gasteiger partial charge in [-0.3, -0.25) is 4.79 Å². The van der Waals surface area contributed by atoms with E-state index in [9.17, 15) is 14.7 Å². The van der Waals surface area contributed by atoms with Crippen molar-refractivity contribution in [2.75, 3.05) is 33.2 Å². The molecule has 5 heteroatoms. The largest absolute Gasteiger partial charge is 0.544 e. The van der Waals surface area contributed by atoms with Crippen molar-refractivity contribution < 1.29 is 24.5 Å². The molecule has 1 fully saturated rings. The highest BCUT2D eigenvalue weighted by Crippen LogP contribution is 2.15. The molecule has 1 atom stereocenters. The molecule has 0 unspecified atom stereocenters. The second kappa shape index (κ2) is 7.70. The molecule has 0 aliphatic carbocycles. The van der Waals surface area contributed by atoms with Crippen LogP contribution in [0.4, 0.5) is 0 Å². The van der Waals surface area contributed by atoms with Crippen LogP contribution in [0.15, 0.2) is 24.3 Å². The van der Waals surface area contributed by atoms with E-state index >= 15 is 0 Å². The molecule has 0 spiro atoms. The lowest BCUT2D eigenvalue weighted by Crippen LogP contribution is -3.29. The maximum atomic E-state index is 12.4. The number of Topliss-reactive ketones (excluding diaryl/α,β-unsaturated/α-hetero) is 1. The SMILES string of the molecule is CC(C)c1ccc(C(=O)C[C@H](C(=O)[O-])[NH+]2CC[NH+](C)CC2)cc1. The van der Waals surface area contributed by atoms with E-state index in [-0.39, 0.29) is 12.2 Å². The van der Waals surface area contributed by atoms with Crippen LogP contribution < -0.4 is 14.9 Å². The number of aliphatic carboxylic acids is 1. The minimum atomic E-state index is -1.12. The highest BCUT2D eigenvalue weighted by Gasteiger charge is 2.31. The first kappa shape index (κ1) is 17.6. The summed E-state index contributed by atoms with van der Waals surface area (Å²) in [6.07, 6.45) is 0.0116. The number of carboxylic acid groups (broad SMARTS) is 1. The van der Waals surface area contributed by atoms with E-state index in [1.54, 1.807) is 12.1 Å².